The molecule has 0 amide bonds. The van der Waals surface area contributed by atoms with Gasteiger partial charge in [-0.1, -0.05) is 45.2 Å². The molecule has 0 heterocycles. The van der Waals surface area contributed by atoms with Gasteiger partial charge < -0.3 is 5.32 Å². The third-order valence-electron chi connectivity index (χ3n) is 3.60. The first-order valence-electron chi connectivity index (χ1n) is 7.86. The molecule has 1 nitrogen and oxygen atoms in total. The molecule has 120 valence electrons. The van der Waals surface area contributed by atoms with E-state index in [1.807, 2.05) is 0 Å². The fraction of sp³-hybridized carbons (Fsp3) is 0.647. The predicted molar refractivity (Wildman–Crippen MR) is 81.4 cm³/mol. The predicted octanol–water partition coefficient (Wildman–Crippen LogP) is 5.20. The summed E-state index contributed by atoms with van der Waals surface area (Å²) < 4.78 is 37.6. The van der Waals surface area contributed by atoms with Crippen LogP contribution in [0.4, 0.5) is 13.2 Å². The first kappa shape index (κ1) is 18.0. The monoisotopic (exact) mass is 301 g/mol. The molecular weight excluding hydrogens is 275 g/mol. The van der Waals surface area contributed by atoms with Gasteiger partial charge in [0.25, 0.3) is 0 Å². The Bertz CT molecular complexity index is 384. The van der Waals surface area contributed by atoms with Crippen LogP contribution in [0.15, 0.2) is 24.3 Å². The Balaban J connectivity index is 2.60. The SMILES string of the molecule is CCCCCC(Cc1ccc(C(F)(F)F)cc1)NCCC. The molecule has 1 N–H and O–H groups in total. The van der Waals surface area contributed by atoms with Gasteiger partial charge in [0.15, 0.2) is 0 Å². The van der Waals surface area contributed by atoms with Crippen molar-refractivity contribution >= 4 is 0 Å². The molecule has 4 heteroatoms. The Morgan fingerprint density at radius 3 is 2.19 bits per heavy atom. The topological polar surface area (TPSA) is 12.0 Å². The molecule has 1 unspecified atom stereocenters. The highest BCUT2D eigenvalue weighted by atomic mass is 19.4. The molecule has 0 saturated carbocycles. The van der Waals surface area contributed by atoms with Crippen LogP contribution >= 0.6 is 0 Å². The number of alkyl halides is 3. The second kappa shape index (κ2) is 9.08. The molecule has 0 bridgehead atoms. The van der Waals surface area contributed by atoms with Crippen LogP contribution in [0.2, 0.25) is 0 Å². The third kappa shape index (κ3) is 6.98. The van der Waals surface area contributed by atoms with E-state index in [1.165, 1.54) is 31.4 Å². The van der Waals surface area contributed by atoms with Crippen molar-refractivity contribution in [2.24, 2.45) is 0 Å². The van der Waals surface area contributed by atoms with Crippen LogP contribution in [0, 0.1) is 0 Å². The summed E-state index contributed by atoms with van der Waals surface area (Å²) in [6.45, 7) is 5.25. The summed E-state index contributed by atoms with van der Waals surface area (Å²) in [7, 11) is 0. The van der Waals surface area contributed by atoms with Crippen molar-refractivity contribution in [3.8, 4) is 0 Å². The van der Waals surface area contributed by atoms with Crippen molar-refractivity contribution in [1.82, 2.24) is 5.32 Å². The Labute approximate surface area is 125 Å². The van der Waals surface area contributed by atoms with E-state index in [0.29, 0.717) is 6.04 Å². The van der Waals surface area contributed by atoms with Crippen molar-refractivity contribution in [2.45, 2.75) is 64.6 Å². The van der Waals surface area contributed by atoms with Crippen LogP contribution < -0.4 is 5.32 Å². The summed E-state index contributed by atoms with van der Waals surface area (Å²) in [5, 5.41) is 3.50. The van der Waals surface area contributed by atoms with Gasteiger partial charge >= 0.3 is 6.18 Å². The van der Waals surface area contributed by atoms with Gasteiger partial charge in [-0.2, -0.15) is 13.2 Å². The zero-order valence-electron chi connectivity index (χ0n) is 13.0. The lowest BCUT2D eigenvalue weighted by Gasteiger charge is -2.19. The molecule has 0 spiro atoms. The molecule has 0 fully saturated rings. The van der Waals surface area contributed by atoms with Crippen molar-refractivity contribution in [1.29, 1.82) is 0 Å². The maximum absolute atomic E-state index is 12.5. The van der Waals surface area contributed by atoms with Crippen molar-refractivity contribution in [3.05, 3.63) is 35.4 Å². The van der Waals surface area contributed by atoms with Gasteiger partial charge in [-0.25, -0.2) is 0 Å². The summed E-state index contributed by atoms with van der Waals surface area (Å²) in [5.74, 6) is 0. The lowest BCUT2D eigenvalue weighted by Crippen LogP contribution is -2.31. The van der Waals surface area contributed by atoms with Gasteiger partial charge in [-0.3, -0.25) is 0 Å². The van der Waals surface area contributed by atoms with E-state index in [9.17, 15) is 13.2 Å². The molecule has 1 atom stereocenters. The van der Waals surface area contributed by atoms with Crippen LogP contribution in [0.5, 0.6) is 0 Å². The minimum atomic E-state index is -4.25. The molecule has 0 aliphatic rings. The quantitative estimate of drug-likeness (QED) is 0.618. The Hall–Kier alpha value is -1.03. The van der Waals surface area contributed by atoms with Gasteiger partial charge in [-0.05, 0) is 43.5 Å². The number of hydrogen-bond acceptors (Lipinski definition) is 1. The average Bonchev–Trinajstić information content (AvgIpc) is 2.44. The van der Waals surface area contributed by atoms with Gasteiger partial charge in [0.1, 0.15) is 0 Å². The number of benzene rings is 1. The zero-order valence-corrected chi connectivity index (χ0v) is 13.0. The van der Waals surface area contributed by atoms with E-state index in [-0.39, 0.29) is 0 Å². The molecular formula is C17H26F3N. The van der Waals surface area contributed by atoms with Crippen molar-refractivity contribution in [2.75, 3.05) is 6.54 Å². The molecule has 0 aliphatic carbocycles. The van der Waals surface area contributed by atoms with Gasteiger partial charge in [-0.15, -0.1) is 0 Å². The Kier molecular flexibility index (Phi) is 7.79. The minimum absolute atomic E-state index is 0.355. The lowest BCUT2D eigenvalue weighted by atomic mass is 9.99. The summed E-state index contributed by atoms with van der Waals surface area (Å²) >= 11 is 0. The zero-order chi connectivity index (χ0) is 15.7. The van der Waals surface area contributed by atoms with Gasteiger partial charge in [0.05, 0.1) is 5.56 Å². The standard InChI is InChI=1S/C17H26F3N/c1-3-5-6-7-16(21-12-4-2)13-14-8-10-15(11-9-14)17(18,19)20/h8-11,16,21H,3-7,12-13H2,1-2H3. The highest BCUT2D eigenvalue weighted by molar-refractivity contribution is 5.25. The molecule has 0 aliphatic heterocycles. The largest absolute Gasteiger partial charge is 0.416 e. The number of hydrogen-bond donors (Lipinski definition) is 1. The number of unbranched alkanes of at least 4 members (excludes halogenated alkanes) is 2. The highest BCUT2D eigenvalue weighted by Crippen LogP contribution is 2.29. The normalized spacial score (nSPS) is 13.4. The molecule has 0 radical (unpaired) electrons. The first-order valence-corrected chi connectivity index (χ1v) is 7.86. The summed E-state index contributed by atoms with van der Waals surface area (Å²) in [4.78, 5) is 0. The van der Waals surface area contributed by atoms with Gasteiger partial charge in [0.2, 0.25) is 0 Å². The second-order valence-corrected chi connectivity index (χ2v) is 5.55. The van der Waals surface area contributed by atoms with E-state index in [4.69, 9.17) is 0 Å². The Morgan fingerprint density at radius 1 is 1.00 bits per heavy atom. The number of halogens is 3. The minimum Gasteiger partial charge on any atom is -0.314 e. The average molecular weight is 301 g/mol. The summed E-state index contributed by atoms with van der Waals surface area (Å²) in [5.41, 5.74) is 0.392. The van der Waals surface area contributed by atoms with Crippen LogP contribution in [-0.2, 0) is 12.6 Å². The molecule has 0 aromatic heterocycles. The smallest absolute Gasteiger partial charge is 0.314 e. The Morgan fingerprint density at radius 2 is 1.67 bits per heavy atom. The van der Waals surface area contributed by atoms with Crippen LogP contribution in [0.1, 0.15) is 57.1 Å². The number of rotatable bonds is 9. The molecule has 1 aromatic carbocycles. The van der Waals surface area contributed by atoms with E-state index in [2.05, 4.69) is 19.2 Å². The fourth-order valence-electron chi connectivity index (χ4n) is 2.38. The van der Waals surface area contributed by atoms with Crippen LogP contribution in [-0.4, -0.2) is 12.6 Å². The van der Waals surface area contributed by atoms with Crippen LogP contribution in [0.25, 0.3) is 0 Å². The van der Waals surface area contributed by atoms with E-state index in [1.54, 1.807) is 12.1 Å². The van der Waals surface area contributed by atoms with Crippen LogP contribution in [0.3, 0.4) is 0 Å². The fourth-order valence-corrected chi connectivity index (χ4v) is 2.38. The lowest BCUT2D eigenvalue weighted by molar-refractivity contribution is -0.137. The first-order chi connectivity index (χ1) is 9.97. The molecule has 0 saturated heterocycles. The second-order valence-electron chi connectivity index (χ2n) is 5.55. The maximum atomic E-state index is 12.5. The summed E-state index contributed by atoms with van der Waals surface area (Å²) in [6.07, 6.45) is 2.24. The third-order valence-corrected chi connectivity index (χ3v) is 3.60. The highest BCUT2D eigenvalue weighted by Gasteiger charge is 2.29. The maximum Gasteiger partial charge on any atom is 0.416 e. The van der Waals surface area contributed by atoms with E-state index in [0.717, 1.165) is 31.4 Å². The number of nitrogens with one attached hydrogen (secondary N) is 1. The van der Waals surface area contributed by atoms with Gasteiger partial charge in [0, 0.05) is 6.04 Å². The van der Waals surface area contributed by atoms with Crippen molar-refractivity contribution in [3.63, 3.8) is 0 Å². The van der Waals surface area contributed by atoms with Crippen molar-refractivity contribution < 1.29 is 13.2 Å². The molecule has 1 aromatic rings. The van der Waals surface area contributed by atoms with E-state index < -0.39 is 11.7 Å². The molecule has 1 rings (SSSR count). The van der Waals surface area contributed by atoms with E-state index >= 15 is 0 Å². The molecule has 21 heavy (non-hydrogen) atoms. The summed E-state index contributed by atoms with van der Waals surface area (Å²) in [6, 6.07) is 5.91.